The summed E-state index contributed by atoms with van der Waals surface area (Å²) in [5.74, 6) is -0.457. The third kappa shape index (κ3) is 3.79. The molecule has 0 radical (unpaired) electrons. The number of anilines is 1. The van der Waals surface area contributed by atoms with Crippen molar-refractivity contribution in [3.8, 4) is 0 Å². The SMILES string of the molecule is CCc1cccc(NC(=O)CC(=O)c2ccccc2)c1. The van der Waals surface area contributed by atoms with Crippen molar-refractivity contribution in [3.05, 3.63) is 65.7 Å². The summed E-state index contributed by atoms with van der Waals surface area (Å²) in [5.41, 5.74) is 2.44. The zero-order valence-corrected chi connectivity index (χ0v) is 11.4. The molecule has 0 unspecified atom stereocenters. The summed E-state index contributed by atoms with van der Waals surface area (Å²) in [7, 11) is 0. The lowest BCUT2D eigenvalue weighted by atomic mass is 10.1. The van der Waals surface area contributed by atoms with E-state index in [-0.39, 0.29) is 18.1 Å². The van der Waals surface area contributed by atoms with Crippen molar-refractivity contribution in [2.24, 2.45) is 0 Å². The molecule has 0 atom stereocenters. The third-order valence-corrected chi connectivity index (χ3v) is 3.04. The Balaban J connectivity index is 1.97. The normalized spacial score (nSPS) is 10.1. The van der Waals surface area contributed by atoms with E-state index in [1.54, 1.807) is 24.3 Å². The summed E-state index contributed by atoms with van der Waals surface area (Å²) in [4.78, 5) is 23.8. The third-order valence-electron chi connectivity index (χ3n) is 3.04. The second kappa shape index (κ2) is 6.66. The Hall–Kier alpha value is -2.42. The van der Waals surface area contributed by atoms with E-state index in [0.29, 0.717) is 5.56 Å². The van der Waals surface area contributed by atoms with E-state index < -0.39 is 0 Å². The van der Waals surface area contributed by atoms with E-state index in [4.69, 9.17) is 0 Å². The summed E-state index contributed by atoms with van der Waals surface area (Å²) in [6.45, 7) is 2.06. The lowest BCUT2D eigenvalue weighted by Crippen LogP contribution is -2.16. The largest absolute Gasteiger partial charge is 0.326 e. The fraction of sp³-hybridized carbons (Fsp3) is 0.176. The van der Waals surface area contributed by atoms with Crippen molar-refractivity contribution in [2.45, 2.75) is 19.8 Å². The lowest BCUT2D eigenvalue weighted by molar-refractivity contribution is -0.115. The molecule has 102 valence electrons. The van der Waals surface area contributed by atoms with Gasteiger partial charge in [-0.25, -0.2) is 0 Å². The van der Waals surface area contributed by atoms with E-state index in [0.717, 1.165) is 17.7 Å². The monoisotopic (exact) mass is 267 g/mol. The second-order valence-electron chi connectivity index (χ2n) is 4.57. The molecular weight excluding hydrogens is 250 g/mol. The zero-order chi connectivity index (χ0) is 14.4. The molecule has 0 aromatic heterocycles. The van der Waals surface area contributed by atoms with E-state index in [1.807, 2.05) is 30.3 Å². The molecule has 3 nitrogen and oxygen atoms in total. The van der Waals surface area contributed by atoms with Crippen LogP contribution in [0, 0.1) is 0 Å². The maximum Gasteiger partial charge on any atom is 0.232 e. The molecule has 0 saturated carbocycles. The van der Waals surface area contributed by atoms with Crippen LogP contribution >= 0.6 is 0 Å². The first-order valence-electron chi connectivity index (χ1n) is 6.66. The minimum Gasteiger partial charge on any atom is -0.326 e. The Bertz CT molecular complexity index is 605. The van der Waals surface area contributed by atoms with Crippen molar-refractivity contribution < 1.29 is 9.59 Å². The van der Waals surface area contributed by atoms with Gasteiger partial charge in [-0.05, 0) is 24.1 Å². The maximum absolute atomic E-state index is 11.9. The number of rotatable bonds is 5. The van der Waals surface area contributed by atoms with Gasteiger partial charge >= 0.3 is 0 Å². The van der Waals surface area contributed by atoms with Crippen LogP contribution in [-0.2, 0) is 11.2 Å². The predicted octanol–water partition coefficient (Wildman–Crippen LogP) is 3.46. The van der Waals surface area contributed by atoms with Crippen LogP contribution < -0.4 is 5.32 Å². The number of ketones is 1. The van der Waals surface area contributed by atoms with Gasteiger partial charge in [0.05, 0.1) is 6.42 Å². The quantitative estimate of drug-likeness (QED) is 0.666. The van der Waals surface area contributed by atoms with Gasteiger partial charge in [0.1, 0.15) is 0 Å². The van der Waals surface area contributed by atoms with Crippen LogP contribution in [0.2, 0.25) is 0 Å². The van der Waals surface area contributed by atoms with Gasteiger partial charge in [-0.3, -0.25) is 9.59 Å². The van der Waals surface area contributed by atoms with Gasteiger partial charge in [0.25, 0.3) is 0 Å². The molecule has 1 N–H and O–H groups in total. The minimum atomic E-state index is -0.285. The molecule has 0 bridgehead atoms. The summed E-state index contributed by atoms with van der Waals surface area (Å²) in [6, 6.07) is 16.5. The summed E-state index contributed by atoms with van der Waals surface area (Å²) in [5, 5.41) is 2.76. The highest BCUT2D eigenvalue weighted by Gasteiger charge is 2.11. The summed E-state index contributed by atoms with van der Waals surface area (Å²) >= 11 is 0. The topological polar surface area (TPSA) is 46.2 Å². The van der Waals surface area contributed by atoms with E-state index >= 15 is 0 Å². The number of nitrogens with one attached hydrogen (secondary N) is 1. The first kappa shape index (κ1) is 14.0. The molecule has 20 heavy (non-hydrogen) atoms. The second-order valence-corrected chi connectivity index (χ2v) is 4.57. The standard InChI is InChI=1S/C17H17NO2/c1-2-13-7-6-10-15(11-13)18-17(20)12-16(19)14-8-4-3-5-9-14/h3-11H,2,12H2,1H3,(H,18,20). The fourth-order valence-corrected chi connectivity index (χ4v) is 1.95. The van der Waals surface area contributed by atoms with E-state index in [2.05, 4.69) is 12.2 Å². The van der Waals surface area contributed by atoms with Gasteiger partial charge in [0.15, 0.2) is 5.78 Å². The van der Waals surface area contributed by atoms with Gasteiger partial charge in [-0.1, -0.05) is 49.4 Å². The highest BCUT2D eigenvalue weighted by atomic mass is 16.2. The van der Waals surface area contributed by atoms with Gasteiger partial charge in [0.2, 0.25) is 5.91 Å². The van der Waals surface area contributed by atoms with Crippen molar-refractivity contribution in [3.63, 3.8) is 0 Å². The molecule has 2 rings (SSSR count). The number of aryl methyl sites for hydroxylation is 1. The van der Waals surface area contributed by atoms with Crippen LogP contribution in [0.5, 0.6) is 0 Å². The van der Waals surface area contributed by atoms with Crippen LogP contribution in [-0.4, -0.2) is 11.7 Å². The molecule has 0 fully saturated rings. The Morgan fingerprint density at radius 1 is 1.00 bits per heavy atom. The number of hydrogen-bond donors (Lipinski definition) is 1. The Kier molecular flexibility index (Phi) is 4.66. The molecule has 0 aliphatic heterocycles. The molecule has 1 amide bonds. The van der Waals surface area contributed by atoms with Crippen molar-refractivity contribution in [1.82, 2.24) is 0 Å². The smallest absolute Gasteiger partial charge is 0.232 e. The number of hydrogen-bond acceptors (Lipinski definition) is 2. The Labute approximate surface area is 118 Å². The number of carbonyl (C=O) groups is 2. The molecule has 2 aromatic rings. The first-order chi connectivity index (χ1) is 9.69. The average Bonchev–Trinajstić information content (AvgIpc) is 2.48. The molecular formula is C17H17NO2. The van der Waals surface area contributed by atoms with Crippen LogP contribution in [0.15, 0.2) is 54.6 Å². The fourth-order valence-electron chi connectivity index (χ4n) is 1.95. The summed E-state index contributed by atoms with van der Waals surface area (Å²) in [6.07, 6.45) is 0.771. The average molecular weight is 267 g/mol. The number of carbonyl (C=O) groups excluding carboxylic acids is 2. The van der Waals surface area contributed by atoms with Gasteiger partial charge in [0, 0.05) is 11.3 Å². The van der Waals surface area contributed by atoms with E-state index in [1.165, 1.54) is 0 Å². The van der Waals surface area contributed by atoms with Gasteiger partial charge < -0.3 is 5.32 Å². The van der Waals surface area contributed by atoms with Crippen molar-refractivity contribution in [2.75, 3.05) is 5.32 Å². The molecule has 0 aliphatic carbocycles. The van der Waals surface area contributed by atoms with Crippen LogP contribution in [0.4, 0.5) is 5.69 Å². The lowest BCUT2D eigenvalue weighted by Gasteiger charge is -2.06. The molecule has 2 aromatic carbocycles. The first-order valence-corrected chi connectivity index (χ1v) is 6.66. The minimum absolute atomic E-state index is 0.139. The predicted molar refractivity (Wildman–Crippen MR) is 79.8 cm³/mol. The van der Waals surface area contributed by atoms with Gasteiger partial charge in [-0.15, -0.1) is 0 Å². The van der Waals surface area contributed by atoms with Crippen molar-refractivity contribution >= 4 is 17.4 Å². The van der Waals surface area contributed by atoms with E-state index in [9.17, 15) is 9.59 Å². The van der Waals surface area contributed by atoms with Crippen LogP contribution in [0.25, 0.3) is 0 Å². The van der Waals surface area contributed by atoms with Crippen LogP contribution in [0.1, 0.15) is 29.3 Å². The van der Waals surface area contributed by atoms with Crippen LogP contribution in [0.3, 0.4) is 0 Å². The Morgan fingerprint density at radius 3 is 2.45 bits per heavy atom. The summed E-state index contributed by atoms with van der Waals surface area (Å²) < 4.78 is 0. The number of amides is 1. The molecule has 0 heterocycles. The molecule has 0 saturated heterocycles. The molecule has 3 heteroatoms. The number of Topliss-reactive ketones (excluding diaryl/α,β-unsaturated/α-hetero) is 1. The van der Waals surface area contributed by atoms with Crippen molar-refractivity contribution in [1.29, 1.82) is 0 Å². The zero-order valence-electron chi connectivity index (χ0n) is 11.4. The maximum atomic E-state index is 11.9. The molecule has 0 aliphatic rings. The highest BCUT2D eigenvalue weighted by molar-refractivity contribution is 6.10. The Morgan fingerprint density at radius 2 is 1.75 bits per heavy atom. The number of benzene rings is 2. The van der Waals surface area contributed by atoms with Gasteiger partial charge in [-0.2, -0.15) is 0 Å². The highest BCUT2D eigenvalue weighted by Crippen LogP contribution is 2.12. The molecule has 0 spiro atoms.